The van der Waals surface area contributed by atoms with Gasteiger partial charge in [0.25, 0.3) is 5.91 Å². The number of hydrogen-bond acceptors (Lipinski definition) is 3. The minimum Gasteiger partial charge on any atom is -0.383 e. The third-order valence-corrected chi connectivity index (χ3v) is 3.04. The van der Waals surface area contributed by atoms with Crippen molar-refractivity contribution in [1.29, 1.82) is 0 Å². The number of anilines is 2. The lowest BCUT2D eigenvalue weighted by molar-refractivity contribution is 0.0983. The number of rotatable bonds is 1. The summed E-state index contributed by atoms with van der Waals surface area (Å²) in [5.74, 6) is -0.0383. The molecule has 2 aromatic rings. The Kier molecular flexibility index (Phi) is 2.72. The van der Waals surface area contributed by atoms with E-state index in [4.69, 9.17) is 0 Å². The molecule has 5 nitrogen and oxygen atoms in total. The Morgan fingerprint density at radius 1 is 1.33 bits per heavy atom. The molecule has 0 saturated heterocycles. The average Bonchev–Trinajstić information content (AvgIpc) is 2.85. The number of fused-ring (bicyclic) bond motifs is 1. The molecule has 0 atom stereocenters. The van der Waals surface area contributed by atoms with Crippen molar-refractivity contribution in [1.82, 2.24) is 9.97 Å². The summed E-state index contributed by atoms with van der Waals surface area (Å²) in [7, 11) is 0. The maximum atomic E-state index is 12.4. The van der Waals surface area contributed by atoms with Gasteiger partial charge in [-0.2, -0.15) is 0 Å². The number of amides is 1. The largest absolute Gasteiger partial charge is 0.383 e. The Morgan fingerprint density at radius 3 is 3.06 bits per heavy atom. The Bertz CT molecular complexity index is 550. The Hall–Kier alpha value is -2.30. The van der Waals surface area contributed by atoms with Gasteiger partial charge in [0, 0.05) is 13.1 Å². The number of para-hydroxylation sites is 2. The lowest BCUT2D eigenvalue weighted by atomic mass is 10.2. The van der Waals surface area contributed by atoms with Crippen molar-refractivity contribution in [3.63, 3.8) is 0 Å². The Labute approximate surface area is 105 Å². The van der Waals surface area contributed by atoms with Gasteiger partial charge >= 0.3 is 0 Å². The number of aromatic nitrogens is 2. The number of nitrogens with one attached hydrogen (secondary N) is 2. The van der Waals surface area contributed by atoms with Crippen LogP contribution in [0.3, 0.4) is 0 Å². The van der Waals surface area contributed by atoms with Crippen LogP contribution in [0.15, 0.2) is 36.8 Å². The standard InChI is InChI=1S/C13H14N4O/c18-13(11-8-14-9-16-11)17-7-3-6-15-10-4-1-2-5-12(10)17/h1-2,4-5,8-9,15H,3,6-7H2,(H,14,16). The zero-order valence-electron chi connectivity index (χ0n) is 9.89. The van der Waals surface area contributed by atoms with Crippen molar-refractivity contribution < 1.29 is 4.79 Å². The predicted molar refractivity (Wildman–Crippen MR) is 69.8 cm³/mol. The van der Waals surface area contributed by atoms with Gasteiger partial charge in [0.1, 0.15) is 5.69 Å². The van der Waals surface area contributed by atoms with Crippen LogP contribution >= 0.6 is 0 Å². The van der Waals surface area contributed by atoms with Gasteiger partial charge in [-0.3, -0.25) is 4.79 Å². The smallest absolute Gasteiger partial charge is 0.276 e. The van der Waals surface area contributed by atoms with Crippen molar-refractivity contribution in [2.45, 2.75) is 6.42 Å². The van der Waals surface area contributed by atoms with Crippen LogP contribution in [0.5, 0.6) is 0 Å². The summed E-state index contributed by atoms with van der Waals surface area (Å²) in [4.78, 5) is 21.0. The van der Waals surface area contributed by atoms with Crippen molar-refractivity contribution >= 4 is 17.3 Å². The highest BCUT2D eigenvalue weighted by Gasteiger charge is 2.22. The number of benzene rings is 1. The molecule has 1 aromatic carbocycles. The molecule has 0 spiro atoms. The summed E-state index contributed by atoms with van der Waals surface area (Å²) in [5.41, 5.74) is 2.45. The molecule has 0 fully saturated rings. The summed E-state index contributed by atoms with van der Waals surface area (Å²) in [5, 5.41) is 3.34. The first-order valence-electron chi connectivity index (χ1n) is 5.99. The topological polar surface area (TPSA) is 61.0 Å². The molecule has 2 heterocycles. The van der Waals surface area contributed by atoms with Gasteiger partial charge in [0.15, 0.2) is 0 Å². The fourth-order valence-electron chi connectivity index (χ4n) is 2.17. The van der Waals surface area contributed by atoms with Crippen molar-refractivity contribution in [2.75, 3.05) is 23.3 Å². The molecule has 1 aliphatic heterocycles. The molecule has 1 aromatic heterocycles. The highest BCUT2D eigenvalue weighted by molar-refractivity contribution is 6.06. The molecule has 0 radical (unpaired) electrons. The monoisotopic (exact) mass is 242 g/mol. The lowest BCUT2D eigenvalue weighted by Gasteiger charge is -2.21. The van der Waals surface area contributed by atoms with Crippen molar-refractivity contribution in [3.8, 4) is 0 Å². The van der Waals surface area contributed by atoms with Crippen LogP contribution in [0.4, 0.5) is 11.4 Å². The fourth-order valence-corrected chi connectivity index (χ4v) is 2.17. The van der Waals surface area contributed by atoms with Gasteiger partial charge in [-0.1, -0.05) is 12.1 Å². The molecule has 2 N–H and O–H groups in total. The first kappa shape index (κ1) is 10.8. The zero-order valence-corrected chi connectivity index (χ0v) is 9.89. The van der Waals surface area contributed by atoms with Gasteiger partial charge < -0.3 is 15.2 Å². The molecule has 0 unspecified atom stereocenters. The zero-order chi connectivity index (χ0) is 12.4. The highest BCUT2D eigenvalue weighted by Crippen LogP contribution is 2.28. The van der Waals surface area contributed by atoms with Crippen LogP contribution < -0.4 is 10.2 Å². The van der Waals surface area contributed by atoms with E-state index < -0.39 is 0 Å². The van der Waals surface area contributed by atoms with Gasteiger partial charge in [0.05, 0.1) is 23.9 Å². The predicted octanol–water partition coefficient (Wildman–Crippen LogP) is 1.87. The van der Waals surface area contributed by atoms with E-state index in [1.54, 1.807) is 11.1 Å². The van der Waals surface area contributed by atoms with E-state index in [0.717, 1.165) is 24.3 Å². The molecule has 0 saturated carbocycles. The molecule has 92 valence electrons. The van der Waals surface area contributed by atoms with E-state index in [-0.39, 0.29) is 5.91 Å². The van der Waals surface area contributed by atoms with Crippen LogP contribution in [0.25, 0.3) is 0 Å². The number of H-pyrrole nitrogens is 1. The third-order valence-electron chi connectivity index (χ3n) is 3.04. The van der Waals surface area contributed by atoms with Crippen molar-refractivity contribution in [2.24, 2.45) is 0 Å². The second-order valence-electron chi connectivity index (χ2n) is 4.22. The molecule has 0 aliphatic carbocycles. The van der Waals surface area contributed by atoms with E-state index in [9.17, 15) is 4.79 Å². The number of imidazole rings is 1. The number of hydrogen-bond donors (Lipinski definition) is 2. The van der Waals surface area contributed by atoms with Crippen molar-refractivity contribution in [3.05, 3.63) is 42.5 Å². The van der Waals surface area contributed by atoms with E-state index in [0.29, 0.717) is 12.2 Å². The quantitative estimate of drug-likeness (QED) is 0.802. The number of carbonyl (C=O) groups is 1. The SMILES string of the molecule is O=C(c1cnc[nH]1)N1CCCNc2ccccc21. The molecule has 1 aliphatic rings. The first-order chi connectivity index (χ1) is 8.86. The summed E-state index contributed by atoms with van der Waals surface area (Å²) in [6.45, 7) is 1.59. The van der Waals surface area contributed by atoms with E-state index in [2.05, 4.69) is 15.3 Å². The molecule has 18 heavy (non-hydrogen) atoms. The minimum atomic E-state index is -0.0383. The Morgan fingerprint density at radius 2 is 2.22 bits per heavy atom. The first-order valence-corrected chi connectivity index (χ1v) is 5.99. The maximum absolute atomic E-state index is 12.4. The van der Waals surface area contributed by atoms with Crippen LogP contribution in [-0.4, -0.2) is 29.0 Å². The summed E-state index contributed by atoms with van der Waals surface area (Å²) >= 11 is 0. The van der Waals surface area contributed by atoms with Gasteiger partial charge in [-0.25, -0.2) is 4.98 Å². The molecule has 0 bridgehead atoms. The van der Waals surface area contributed by atoms with E-state index >= 15 is 0 Å². The maximum Gasteiger partial charge on any atom is 0.276 e. The number of carbonyl (C=O) groups excluding carboxylic acids is 1. The molecule has 3 rings (SSSR count). The van der Waals surface area contributed by atoms with Crippen LogP contribution in [0.2, 0.25) is 0 Å². The molecular weight excluding hydrogens is 228 g/mol. The fraction of sp³-hybridized carbons (Fsp3) is 0.231. The molecule has 1 amide bonds. The average molecular weight is 242 g/mol. The van der Waals surface area contributed by atoms with Crippen LogP contribution in [0, 0.1) is 0 Å². The summed E-state index contributed by atoms with van der Waals surface area (Å²) < 4.78 is 0. The van der Waals surface area contributed by atoms with Crippen LogP contribution in [0.1, 0.15) is 16.9 Å². The van der Waals surface area contributed by atoms with Crippen LogP contribution in [-0.2, 0) is 0 Å². The Balaban J connectivity index is 1.99. The van der Waals surface area contributed by atoms with Gasteiger partial charge in [0.2, 0.25) is 0 Å². The normalized spacial score (nSPS) is 14.6. The molecule has 5 heteroatoms. The van der Waals surface area contributed by atoms with Gasteiger partial charge in [-0.15, -0.1) is 0 Å². The van der Waals surface area contributed by atoms with E-state index in [1.165, 1.54) is 6.33 Å². The third kappa shape index (κ3) is 1.84. The number of nitrogens with zero attached hydrogens (tertiary/aromatic N) is 2. The highest BCUT2D eigenvalue weighted by atomic mass is 16.2. The van der Waals surface area contributed by atoms with Gasteiger partial charge in [-0.05, 0) is 18.6 Å². The molecular formula is C13H14N4O. The summed E-state index contributed by atoms with van der Waals surface area (Å²) in [6, 6.07) is 7.87. The minimum absolute atomic E-state index is 0.0383. The summed E-state index contributed by atoms with van der Waals surface area (Å²) in [6.07, 6.45) is 4.01. The second-order valence-corrected chi connectivity index (χ2v) is 4.22. The van der Waals surface area contributed by atoms with E-state index in [1.807, 2.05) is 24.3 Å². The second kappa shape index (κ2) is 4.52. The lowest BCUT2D eigenvalue weighted by Crippen LogP contribution is -2.31. The number of aromatic amines is 1.